The Hall–Kier alpha value is -1.76. The van der Waals surface area contributed by atoms with E-state index in [1.54, 1.807) is 0 Å². The summed E-state index contributed by atoms with van der Waals surface area (Å²) in [4.78, 5) is 2.39. The Kier molecular flexibility index (Phi) is 4.02. The van der Waals surface area contributed by atoms with Crippen molar-refractivity contribution in [1.29, 1.82) is 0 Å². The summed E-state index contributed by atoms with van der Waals surface area (Å²) in [6, 6.07) is 13.6. The number of aryl methyl sites for hydroxylation is 2. The zero-order valence-corrected chi connectivity index (χ0v) is 16.3. The minimum absolute atomic E-state index is 0.217. The Labute approximate surface area is 147 Å². The van der Waals surface area contributed by atoms with Gasteiger partial charge in [-0.15, -0.1) is 0 Å². The van der Waals surface area contributed by atoms with E-state index >= 15 is 0 Å². The molecular formula is C23H31N. The molecule has 1 aliphatic rings. The van der Waals surface area contributed by atoms with Gasteiger partial charge in [-0.25, -0.2) is 0 Å². The maximum atomic E-state index is 2.40. The van der Waals surface area contributed by atoms with Crippen LogP contribution >= 0.6 is 0 Å². The second kappa shape index (κ2) is 5.65. The second-order valence-electron chi connectivity index (χ2n) is 8.82. The summed E-state index contributed by atoms with van der Waals surface area (Å²) in [6.07, 6.45) is 2.49. The first-order chi connectivity index (χ1) is 11.1. The third-order valence-electron chi connectivity index (χ3n) is 5.90. The van der Waals surface area contributed by atoms with Crippen molar-refractivity contribution in [3.8, 4) is 0 Å². The summed E-state index contributed by atoms with van der Waals surface area (Å²) in [6.45, 7) is 14.0. The maximum absolute atomic E-state index is 2.40. The number of benzene rings is 2. The lowest BCUT2D eigenvalue weighted by molar-refractivity contribution is 0.332. The number of anilines is 2. The van der Waals surface area contributed by atoms with Gasteiger partial charge in [0.1, 0.15) is 0 Å². The molecule has 0 atom stereocenters. The molecule has 0 radical (unpaired) electrons. The molecule has 1 aliphatic carbocycles. The molecule has 0 bridgehead atoms. The van der Waals surface area contributed by atoms with Crippen LogP contribution in [0, 0.1) is 13.8 Å². The lowest BCUT2D eigenvalue weighted by Gasteiger charge is -2.44. The molecule has 0 N–H and O–H groups in total. The van der Waals surface area contributed by atoms with Crippen LogP contribution in [0.4, 0.5) is 11.4 Å². The first-order valence-electron chi connectivity index (χ1n) is 9.08. The Morgan fingerprint density at radius 3 is 2.17 bits per heavy atom. The van der Waals surface area contributed by atoms with E-state index in [1.165, 1.54) is 46.5 Å². The van der Waals surface area contributed by atoms with E-state index in [-0.39, 0.29) is 10.8 Å². The fourth-order valence-corrected chi connectivity index (χ4v) is 4.29. The minimum Gasteiger partial charge on any atom is -0.344 e. The van der Waals surface area contributed by atoms with Crippen LogP contribution in [0.5, 0.6) is 0 Å². The minimum atomic E-state index is 0.217. The first-order valence-corrected chi connectivity index (χ1v) is 9.08. The zero-order valence-electron chi connectivity index (χ0n) is 16.3. The van der Waals surface area contributed by atoms with Gasteiger partial charge in [-0.3, -0.25) is 0 Å². The molecule has 0 spiro atoms. The van der Waals surface area contributed by atoms with E-state index in [0.717, 1.165) is 0 Å². The van der Waals surface area contributed by atoms with Crippen LogP contribution in [0.25, 0.3) is 0 Å². The zero-order chi connectivity index (χ0) is 17.7. The van der Waals surface area contributed by atoms with Crippen molar-refractivity contribution >= 4 is 11.4 Å². The van der Waals surface area contributed by atoms with Crippen molar-refractivity contribution in [3.05, 3.63) is 58.7 Å². The number of nitrogens with zero attached hydrogens (tertiary/aromatic N) is 1. The predicted molar refractivity (Wildman–Crippen MR) is 106 cm³/mol. The highest BCUT2D eigenvalue weighted by Crippen LogP contribution is 2.50. The van der Waals surface area contributed by atoms with Gasteiger partial charge in [0.2, 0.25) is 0 Å². The van der Waals surface area contributed by atoms with Gasteiger partial charge in [0.15, 0.2) is 0 Å². The summed E-state index contributed by atoms with van der Waals surface area (Å²) >= 11 is 0. The number of fused-ring (bicyclic) bond motifs is 1. The van der Waals surface area contributed by atoms with Gasteiger partial charge < -0.3 is 4.90 Å². The average molecular weight is 322 g/mol. The van der Waals surface area contributed by atoms with Crippen LogP contribution in [0.2, 0.25) is 0 Å². The summed E-state index contributed by atoms with van der Waals surface area (Å²) in [5.74, 6) is 0. The molecule has 0 amide bonds. The Bertz CT molecular complexity index is 768. The van der Waals surface area contributed by atoms with E-state index in [0.29, 0.717) is 0 Å². The summed E-state index contributed by atoms with van der Waals surface area (Å²) < 4.78 is 0. The van der Waals surface area contributed by atoms with Crippen molar-refractivity contribution in [2.45, 2.75) is 65.2 Å². The summed E-state index contributed by atoms with van der Waals surface area (Å²) in [5, 5.41) is 0. The lowest BCUT2D eigenvalue weighted by atomic mass is 9.62. The van der Waals surface area contributed by atoms with E-state index < -0.39 is 0 Å². The SMILES string of the molecule is Cc1ccc(N(C)c2cccc3c2C(C)(C)CCC3(C)C)c(C)c1. The molecule has 2 aromatic rings. The predicted octanol–water partition coefficient (Wildman–Crippen LogP) is 6.42. The average Bonchev–Trinajstić information content (AvgIpc) is 2.51. The number of hydrogen-bond acceptors (Lipinski definition) is 1. The number of hydrogen-bond donors (Lipinski definition) is 0. The summed E-state index contributed by atoms with van der Waals surface area (Å²) in [7, 11) is 2.21. The van der Waals surface area contributed by atoms with Crippen LogP contribution < -0.4 is 4.90 Å². The second-order valence-corrected chi connectivity index (χ2v) is 8.82. The van der Waals surface area contributed by atoms with Gasteiger partial charge in [0.05, 0.1) is 0 Å². The van der Waals surface area contributed by atoms with Gasteiger partial charge in [-0.2, -0.15) is 0 Å². The molecule has 0 unspecified atom stereocenters. The van der Waals surface area contributed by atoms with Crippen molar-refractivity contribution in [2.24, 2.45) is 0 Å². The van der Waals surface area contributed by atoms with Crippen molar-refractivity contribution in [2.75, 3.05) is 11.9 Å². The smallest absolute Gasteiger partial charge is 0.0449 e. The van der Waals surface area contributed by atoms with Gasteiger partial charge in [-0.1, -0.05) is 57.5 Å². The topological polar surface area (TPSA) is 3.24 Å². The Morgan fingerprint density at radius 1 is 0.833 bits per heavy atom. The molecule has 0 fully saturated rings. The molecule has 0 heterocycles. The Balaban J connectivity index is 2.19. The van der Waals surface area contributed by atoms with Crippen LogP contribution in [0.1, 0.15) is 62.8 Å². The molecule has 0 saturated heterocycles. The monoisotopic (exact) mass is 321 g/mol. The molecule has 2 aromatic carbocycles. The summed E-state index contributed by atoms with van der Waals surface area (Å²) in [5.41, 5.74) is 8.84. The molecular weight excluding hydrogens is 290 g/mol. The molecule has 1 heteroatoms. The standard InChI is InChI=1S/C23H31N/c1-16-11-12-19(17(2)15-16)24(7)20-10-8-9-18-21(20)23(5,6)14-13-22(18,3)4/h8-12,15H,13-14H2,1-7H3. The van der Waals surface area contributed by atoms with Gasteiger partial charge in [0.25, 0.3) is 0 Å². The van der Waals surface area contributed by atoms with E-state index in [9.17, 15) is 0 Å². The normalized spacial score (nSPS) is 18.1. The van der Waals surface area contributed by atoms with E-state index in [1.807, 2.05) is 0 Å². The Morgan fingerprint density at radius 2 is 1.50 bits per heavy atom. The quantitative estimate of drug-likeness (QED) is 0.617. The van der Waals surface area contributed by atoms with Gasteiger partial charge in [-0.05, 0) is 66.3 Å². The fourth-order valence-electron chi connectivity index (χ4n) is 4.29. The van der Waals surface area contributed by atoms with Crippen LogP contribution in [-0.2, 0) is 10.8 Å². The molecule has 0 aromatic heterocycles. The van der Waals surface area contributed by atoms with Crippen LogP contribution in [0.15, 0.2) is 36.4 Å². The van der Waals surface area contributed by atoms with Crippen LogP contribution in [-0.4, -0.2) is 7.05 Å². The highest BCUT2D eigenvalue weighted by atomic mass is 15.1. The van der Waals surface area contributed by atoms with Crippen molar-refractivity contribution < 1.29 is 0 Å². The molecule has 1 nitrogen and oxygen atoms in total. The molecule has 128 valence electrons. The lowest BCUT2D eigenvalue weighted by Crippen LogP contribution is -2.35. The largest absolute Gasteiger partial charge is 0.344 e. The van der Waals surface area contributed by atoms with Crippen LogP contribution in [0.3, 0.4) is 0 Å². The van der Waals surface area contributed by atoms with Gasteiger partial charge in [0, 0.05) is 18.4 Å². The highest BCUT2D eigenvalue weighted by Gasteiger charge is 2.39. The van der Waals surface area contributed by atoms with Crippen molar-refractivity contribution in [3.63, 3.8) is 0 Å². The first kappa shape index (κ1) is 17.1. The third kappa shape index (κ3) is 2.75. The molecule has 0 saturated carbocycles. The molecule has 0 aliphatic heterocycles. The fraction of sp³-hybridized carbons (Fsp3) is 0.478. The molecule has 3 rings (SSSR count). The third-order valence-corrected chi connectivity index (χ3v) is 5.90. The maximum Gasteiger partial charge on any atom is 0.0449 e. The van der Waals surface area contributed by atoms with Gasteiger partial charge >= 0.3 is 0 Å². The van der Waals surface area contributed by atoms with E-state index in [4.69, 9.17) is 0 Å². The molecule has 24 heavy (non-hydrogen) atoms. The van der Waals surface area contributed by atoms with E-state index in [2.05, 4.69) is 89.9 Å². The van der Waals surface area contributed by atoms with Crippen molar-refractivity contribution in [1.82, 2.24) is 0 Å². The highest BCUT2D eigenvalue weighted by molar-refractivity contribution is 5.72. The number of rotatable bonds is 2.